The molecular weight excluding hydrogens is 254 g/mol. The van der Waals surface area contributed by atoms with E-state index in [1.807, 2.05) is 12.1 Å². The van der Waals surface area contributed by atoms with Crippen molar-refractivity contribution in [1.82, 2.24) is 4.98 Å². The summed E-state index contributed by atoms with van der Waals surface area (Å²) in [5, 5.41) is 2.94. The van der Waals surface area contributed by atoms with E-state index in [2.05, 4.69) is 10.3 Å². The number of anilines is 1. The third-order valence-electron chi connectivity index (χ3n) is 2.37. The van der Waals surface area contributed by atoms with Crippen LogP contribution in [0.4, 0.5) is 14.6 Å². The molecular formula is C13H12F2N2S. The van der Waals surface area contributed by atoms with Gasteiger partial charge in [0.2, 0.25) is 0 Å². The SMILES string of the molecule is CNc1cc(CSc2ccc(F)cc2F)ccn1. The number of pyridine rings is 1. The highest BCUT2D eigenvalue weighted by atomic mass is 32.2. The number of thioether (sulfide) groups is 1. The lowest BCUT2D eigenvalue weighted by atomic mass is 10.3. The van der Waals surface area contributed by atoms with Gasteiger partial charge in [-0.2, -0.15) is 0 Å². The summed E-state index contributed by atoms with van der Waals surface area (Å²) >= 11 is 1.33. The molecule has 18 heavy (non-hydrogen) atoms. The second-order valence-corrected chi connectivity index (χ2v) is 4.68. The molecule has 0 saturated heterocycles. The highest BCUT2D eigenvalue weighted by Gasteiger charge is 2.05. The number of rotatable bonds is 4. The molecule has 2 aromatic rings. The molecule has 1 heterocycles. The molecule has 2 nitrogen and oxygen atoms in total. The maximum absolute atomic E-state index is 13.4. The molecule has 0 spiro atoms. The van der Waals surface area contributed by atoms with Crippen molar-refractivity contribution in [3.63, 3.8) is 0 Å². The average Bonchev–Trinajstić information content (AvgIpc) is 2.38. The summed E-state index contributed by atoms with van der Waals surface area (Å²) in [6.07, 6.45) is 1.70. The number of hydrogen-bond donors (Lipinski definition) is 1. The summed E-state index contributed by atoms with van der Waals surface area (Å²) in [4.78, 5) is 4.54. The Labute approximate surface area is 108 Å². The fourth-order valence-electron chi connectivity index (χ4n) is 1.45. The van der Waals surface area contributed by atoms with Crippen molar-refractivity contribution in [3.8, 4) is 0 Å². The Morgan fingerprint density at radius 2 is 2.06 bits per heavy atom. The smallest absolute Gasteiger partial charge is 0.139 e. The summed E-state index contributed by atoms with van der Waals surface area (Å²) in [6, 6.07) is 7.38. The Morgan fingerprint density at radius 1 is 1.22 bits per heavy atom. The number of halogens is 2. The van der Waals surface area contributed by atoms with Crippen molar-refractivity contribution in [2.24, 2.45) is 0 Å². The van der Waals surface area contributed by atoms with Gasteiger partial charge in [0.25, 0.3) is 0 Å². The van der Waals surface area contributed by atoms with Gasteiger partial charge in [-0.1, -0.05) is 0 Å². The quantitative estimate of drug-likeness (QED) is 0.854. The monoisotopic (exact) mass is 266 g/mol. The van der Waals surface area contributed by atoms with E-state index in [0.29, 0.717) is 10.6 Å². The topological polar surface area (TPSA) is 24.9 Å². The summed E-state index contributed by atoms with van der Waals surface area (Å²) in [7, 11) is 1.79. The van der Waals surface area contributed by atoms with Crippen LogP contribution in [0.5, 0.6) is 0 Å². The van der Waals surface area contributed by atoms with Crippen LogP contribution in [-0.2, 0) is 5.75 Å². The van der Waals surface area contributed by atoms with Gasteiger partial charge in [0, 0.05) is 30.0 Å². The zero-order valence-electron chi connectivity index (χ0n) is 9.78. The summed E-state index contributed by atoms with van der Waals surface area (Å²) in [5.41, 5.74) is 1.03. The van der Waals surface area contributed by atoms with Gasteiger partial charge in [-0.15, -0.1) is 11.8 Å². The minimum Gasteiger partial charge on any atom is -0.373 e. The molecule has 94 valence electrons. The summed E-state index contributed by atoms with van der Waals surface area (Å²) in [6.45, 7) is 0. The van der Waals surface area contributed by atoms with E-state index in [0.717, 1.165) is 17.4 Å². The van der Waals surface area contributed by atoms with E-state index in [1.54, 1.807) is 13.2 Å². The van der Waals surface area contributed by atoms with Crippen LogP contribution in [0.1, 0.15) is 5.56 Å². The highest BCUT2D eigenvalue weighted by molar-refractivity contribution is 7.98. The molecule has 1 aromatic carbocycles. The molecule has 1 N–H and O–H groups in total. The number of aromatic nitrogens is 1. The van der Waals surface area contributed by atoms with Crippen LogP contribution < -0.4 is 5.32 Å². The lowest BCUT2D eigenvalue weighted by Crippen LogP contribution is -1.93. The Bertz CT molecular complexity index is 546. The van der Waals surface area contributed by atoms with E-state index < -0.39 is 11.6 Å². The van der Waals surface area contributed by atoms with Gasteiger partial charge in [0.05, 0.1) is 0 Å². The zero-order chi connectivity index (χ0) is 13.0. The third-order valence-corrected chi connectivity index (χ3v) is 3.49. The molecule has 0 aliphatic carbocycles. The first-order chi connectivity index (χ1) is 8.69. The molecule has 2 rings (SSSR count). The van der Waals surface area contributed by atoms with Crippen molar-refractivity contribution < 1.29 is 8.78 Å². The van der Waals surface area contributed by atoms with E-state index in [-0.39, 0.29) is 0 Å². The largest absolute Gasteiger partial charge is 0.373 e. The van der Waals surface area contributed by atoms with E-state index in [4.69, 9.17) is 0 Å². The molecule has 1 aromatic heterocycles. The first kappa shape index (κ1) is 12.8. The Hall–Kier alpha value is -1.62. The predicted molar refractivity (Wildman–Crippen MR) is 69.7 cm³/mol. The van der Waals surface area contributed by atoms with Gasteiger partial charge in [-0.3, -0.25) is 0 Å². The second kappa shape index (κ2) is 5.82. The van der Waals surface area contributed by atoms with Gasteiger partial charge >= 0.3 is 0 Å². The third kappa shape index (κ3) is 3.20. The fourth-order valence-corrected chi connectivity index (χ4v) is 2.32. The maximum Gasteiger partial charge on any atom is 0.139 e. The zero-order valence-corrected chi connectivity index (χ0v) is 10.6. The molecule has 0 unspecified atom stereocenters. The summed E-state index contributed by atoms with van der Waals surface area (Å²) in [5.74, 6) is 0.300. The van der Waals surface area contributed by atoms with Crippen LogP contribution in [-0.4, -0.2) is 12.0 Å². The van der Waals surface area contributed by atoms with Crippen LogP contribution in [0, 0.1) is 11.6 Å². The standard InChI is InChI=1S/C13H12F2N2S/c1-16-13-6-9(4-5-17-13)8-18-12-3-2-10(14)7-11(12)15/h2-7H,8H2,1H3,(H,16,17). The van der Waals surface area contributed by atoms with Crippen LogP contribution in [0.2, 0.25) is 0 Å². The minimum absolute atomic E-state index is 0.444. The molecule has 0 fully saturated rings. The minimum atomic E-state index is -0.557. The first-order valence-corrected chi connectivity index (χ1v) is 6.38. The van der Waals surface area contributed by atoms with Crippen molar-refractivity contribution in [3.05, 3.63) is 53.7 Å². The fraction of sp³-hybridized carbons (Fsp3) is 0.154. The number of benzene rings is 1. The molecule has 0 atom stereocenters. The Morgan fingerprint density at radius 3 is 2.78 bits per heavy atom. The van der Waals surface area contributed by atoms with Crippen molar-refractivity contribution >= 4 is 17.6 Å². The number of nitrogens with zero attached hydrogens (tertiary/aromatic N) is 1. The lowest BCUT2D eigenvalue weighted by Gasteiger charge is -2.05. The van der Waals surface area contributed by atoms with Crippen molar-refractivity contribution in [2.75, 3.05) is 12.4 Å². The lowest BCUT2D eigenvalue weighted by molar-refractivity contribution is 0.565. The molecule has 5 heteroatoms. The first-order valence-electron chi connectivity index (χ1n) is 5.39. The van der Waals surface area contributed by atoms with Gasteiger partial charge in [-0.25, -0.2) is 13.8 Å². The molecule has 0 bridgehead atoms. The van der Waals surface area contributed by atoms with Crippen LogP contribution in [0.15, 0.2) is 41.4 Å². The molecule has 0 radical (unpaired) electrons. The Kier molecular flexibility index (Phi) is 4.15. The van der Waals surface area contributed by atoms with E-state index in [9.17, 15) is 8.78 Å². The Balaban J connectivity index is 2.06. The summed E-state index contributed by atoms with van der Waals surface area (Å²) < 4.78 is 26.2. The molecule has 0 aliphatic heterocycles. The van der Waals surface area contributed by atoms with Gasteiger partial charge in [0.1, 0.15) is 17.5 Å². The van der Waals surface area contributed by atoms with Crippen LogP contribution in [0.25, 0.3) is 0 Å². The van der Waals surface area contributed by atoms with Gasteiger partial charge in [-0.05, 0) is 29.8 Å². The number of hydrogen-bond acceptors (Lipinski definition) is 3. The molecule has 0 saturated carbocycles. The van der Waals surface area contributed by atoms with Crippen LogP contribution >= 0.6 is 11.8 Å². The van der Waals surface area contributed by atoms with Crippen molar-refractivity contribution in [2.45, 2.75) is 10.6 Å². The van der Waals surface area contributed by atoms with E-state index >= 15 is 0 Å². The molecule has 0 amide bonds. The maximum atomic E-state index is 13.4. The second-order valence-electron chi connectivity index (χ2n) is 3.66. The number of nitrogens with one attached hydrogen (secondary N) is 1. The average molecular weight is 266 g/mol. The molecule has 0 aliphatic rings. The van der Waals surface area contributed by atoms with Gasteiger partial charge < -0.3 is 5.32 Å². The van der Waals surface area contributed by atoms with Crippen molar-refractivity contribution in [1.29, 1.82) is 0 Å². The van der Waals surface area contributed by atoms with E-state index in [1.165, 1.54) is 23.9 Å². The highest BCUT2D eigenvalue weighted by Crippen LogP contribution is 2.26. The normalized spacial score (nSPS) is 10.4. The predicted octanol–water partition coefficient (Wildman–Crippen LogP) is 3.69. The van der Waals surface area contributed by atoms with Crippen LogP contribution in [0.3, 0.4) is 0 Å². The van der Waals surface area contributed by atoms with Gasteiger partial charge in [0.15, 0.2) is 0 Å².